The molecule has 0 aromatic heterocycles. The van der Waals surface area contributed by atoms with E-state index in [0.717, 1.165) is 11.7 Å². The van der Waals surface area contributed by atoms with E-state index in [9.17, 15) is 0 Å². The average molecular weight is 410 g/mol. The monoisotopic (exact) mass is 409 g/mol. The van der Waals surface area contributed by atoms with Crippen LogP contribution in [0.3, 0.4) is 0 Å². The molecule has 0 bridgehead atoms. The zero-order chi connectivity index (χ0) is 14.1. The van der Waals surface area contributed by atoms with Crippen molar-refractivity contribution in [1.82, 2.24) is 10.6 Å². The lowest BCUT2D eigenvalue weighted by Gasteiger charge is -2.17. The quantitative estimate of drug-likeness (QED) is 0.328. The second-order valence-corrected chi connectivity index (χ2v) is 4.44. The molecule has 0 radical (unpaired) electrons. The summed E-state index contributed by atoms with van der Waals surface area (Å²) in [5.41, 5.74) is 0. The van der Waals surface area contributed by atoms with Crippen LogP contribution in [-0.4, -0.2) is 32.2 Å². The fourth-order valence-electron chi connectivity index (χ4n) is 1.42. The largest absolute Gasteiger partial charge is 0.489 e. The molecule has 6 heteroatoms. The van der Waals surface area contributed by atoms with E-state index in [4.69, 9.17) is 16.3 Å². The highest BCUT2D eigenvalue weighted by Gasteiger charge is 2.05. The van der Waals surface area contributed by atoms with E-state index in [2.05, 4.69) is 22.2 Å². The van der Waals surface area contributed by atoms with E-state index in [-0.39, 0.29) is 30.1 Å². The van der Waals surface area contributed by atoms with Gasteiger partial charge < -0.3 is 15.4 Å². The van der Waals surface area contributed by atoms with Gasteiger partial charge >= 0.3 is 0 Å². The third kappa shape index (κ3) is 7.59. The van der Waals surface area contributed by atoms with Gasteiger partial charge in [-0.1, -0.05) is 17.7 Å². The number of hydrogen-bond acceptors (Lipinski definition) is 2. The van der Waals surface area contributed by atoms with Crippen LogP contribution >= 0.6 is 35.6 Å². The minimum absolute atomic E-state index is 0. The fraction of sp³-hybridized carbons (Fsp3) is 0.357. The summed E-state index contributed by atoms with van der Waals surface area (Å²) in [5.74, 6) is 1.53. The van der Waals surface area contributed by atoms with Crippen molar-refractivity contribution in [2.24, 2.45) is 4.99 Å². The Balaban J connectivity index is 0.00000361. The molecule has 0 amide bonds. The van der Waals surface area contributed by atoms with Gasteiger partial charge in [0.1, 0.15) is 11.9 Å². The summed E-state index contributed by atoms with van der Waals surface area (Å²) < 4.78 is 5.74. The molecule has 20 heavy (non-hydrogen) atoms. The van der Waals surface area contributed by atoms with Crippen molar-refractivity contribution in [2.75, 3.05) is 20.1 Å². The summed E-state index contributed by atoms with van der Waals surface area (Å²) >= 11 is 5.82. The molecule has 0 heterocycles. The van der Waals surface area contributed by atoms with Crippen LogP contribution in [0.25, 0.3) is 0 Å². The summed E-state index contributed by atoms with van der Waals surface area (Å²) in [6.45, 7) is 6.96. The Kier molecular flexibility index (Phi) is 10.3. The highest BCUT2D eigenvalue weighted by atomic mass is 127. The van der Waals surface area contributed by atoms with E-state index in [1.165, 1.54) is 0 Å². The molecule has 0 saturated carbocycles. The molecule has 0 aliphatic rings. The van der Waals surface area contributed by atoms with Crippen LogP contribution in [0, 0.1) is 0 Å². The smallest absolute Gasteiger partial charge is 0.191 e. The number of guanidine groups is 1. The van der Waals surface area contributed by atoms with E-state index in [1.807, 2.05) is 31.2 Å². The maximum absolute atomic E-state index is 5.82. The zero-order valence-electron chi connectivity index (χ0n) is 11.7. The van der Waals surface area contributed by atoms with Gasteiger partial charge in [-0.3, -0.25) is 4.99 Å². The number of benzene rings is 1. The van der Waals surface area contributed by atoms with Gasteiger partial charge in [0, 0.05) is 18.6 Å². The third-order valence-corrected chi connectivity index (χ3v) is 2.60. The van der Waals surface area contributed by atoms with Gasteiger partial charge in [-0.25, -0.2) is 0 Å². The number of nitrogens with zero attached hydrogens (tertiary/aromatic N) is 1. The van der Waals surface area contributed by atoms with E-state index in [1.54, 1.807) is 13.1 Å². The molecule has 2 N–H and O–H groups in total. The van der Waals surface area contributed by atoms with Gasteiger partial charge in [0.05, 0.1) is 6.54 Å². The minimum Gasteiger partial charge on any atom is -0.489 e. The van der Waals surface area contributed by atoms with Crippen LogP contribution in [0.1, 0.15) is 6.92 Å². The number of aliphatic imine (C=N–C) groups is 1. The second kappa shape index (κ2) is 10.8. The highest BCUT2D eigenvalue weighted by Crippen LogP contribution is 2.16. The first kappa shape index (κ1) is 19.1. The van der Waals surface area contributed by atoms with Crippen LogP contribution in [0.5, 0.6) is 5.75 Å². The van der Waals surface area contributed by atoms with Crippen molar-refractivity contribution in [3.05, 3.63) is 41.9 Å². The van der Waals surface area contributed by atoms with Crippen LogP contribution in [0.2, 0.25) is 5.02 Å². The van der Waals surface area contributed by atoms with Gasteiger partial charge in [-0.05, 0) is 31.2 Å². The summed E-state index contributed by atoms with van der Waals surface area (Å²) in [6, 6.07) is 7.32. The third-order valence-electron chi connectivity index (χ3n) is 2.35. The maximum atomic E-state index is 5.82. The Bertz CT molecular complexity index is 423. The Morgan fingerprint density at radius 3 is 2.60 bits per heavy atom. The SMILES string of the molecule is C=CCNC(=NC)NCC(C)Oc1ccc(Cl)cc1.I. The number of ether oxygens (including phenoxy) is 1. The maximum Gasteiger partial charge on any atom is 0.191 e. The Morgan fingerprint density at radius 1 is 1.40 bits per heavy atom. The predicted molar refractivity (Wildman–Crippen MR) is 96.5 cm³/mol. The van der Waals surface area contributed by atoms with Gasteiger partial charge in [0.2, 0.25) is 0 Å². The molecule has 1 rings (SSSR count). The second-order valence-electron chi connectivity index (χ2n) is 4.01. The molecule has 0 saturated heterocycles. The molecule has 0 aliphatic heterocycles. The van der Waals surface area contributed by atoms with E-state index < -0.39 is 0 Å². The summed E-state index contributed by atoms with van der Waals surface area (Å²) in [7, 11) is 1.73. The topological polar surface area (TPSA) is 45.7 Å². The van der Waals surface area contributed by atoms with Crippen molar-refractivity contribution >= 4 is 41.5 Å². The van der Waals surface area contributed by atoms with Crippen LogP contribution in [-0.2, 0) is 0 Å². The van der Waals surface area contributed by atoms with E-state index >= 15 is 0 Å². The molecule has 1 aromatic carbocycles. The Labute approximate surface area is 142 Å². The molecule has 1 aromatic rings. The minimum atomic E-state index is 0. The molecule has 112 valence electrons. The van der Waals surface area contributed by atoms with Crippen LogP contribution in [0.4, 0.5) is 0 Å². The first-order valence-electron chi connectivity index (χ1n) is 6.13. The standard InChI is InChI=1S/C14H20ClN3O.HI/c1-4-9-17-14(16-3)18-10-11(2)19-13-7-5-12(15)6-8-13;/h4-8,11H,1,9-10H2,2-3H3,(H2,16,17,18);1H. The summed E-state index contributed by atoms with van der Waals surface area (Å²) in [6.07, 6.45) is 1.80. The molecule has 0 spiro atoms. The highest BCUT2D eigenvalue weighted by molar-refractivity contribution is 14.0. The van der Waals surface area contributed by atoms with Gasteiger partial charge in [-0.15, -0.1) is 30.6 Å². The molecular weight excluding hydrogens is 389 g/mol. The first-order chi connectivity index (χ1) is 9.15. The van der Waals surface area contributed by atoms with Crippen molar-refractivity contribution in [1.29, 1.82) is 0 Å². The van der Waals surface area contributed by atoms with Crippen LogP contribution < -0.4 is 15.4 Å². The van der Waals surface area contributed by atoms with Gasteiger partial charge in [0.25, 0.3) is 0 Å². The Hall–Kier alpha value is -0.950. The molecule has 0 aliphatic carbocycles. The van der Waals surface area contributed by atoms with Crippen molar-refractivity contribution in [3.63, 3.8) is 0 Å². The molecule has 1 atom stereocenters. The predicted octanol–water partition coefficient (Wildman–Crippen LogP) is 3.08. The van der Waals surface area contributed by atoms with Crippen molar-refractivity contribution in [2.45, 2.75) is 13.0 Å². The van der Waals surface area contributed by atoms with Crippen molar-refractivity contribution < 1.29 is 4.74 Å². The molecule has 0 fully saturated rings. The molecular formula is C14H21ClIN3O. The van der Waals surface area contributed by atoms with Gasteiger partial charge in [-0.2, -0.15) is 0 Å². The number of halogens is 2. The average Bonchev–Trinajstić information content (AvgIpc) is 2.42. The summed E-state index contributed by atoms with van der Waals surface area (Å²) in [4.78, 5) is 4.09. The number of rotatable bonds is 6. The van der Waals surface area contributed by atoms with Crippen molar-refractivity contribution in [3.8, 4) is 5.75 Å². The zero-order valence-corrected chi connectivity index (χ0v) is 14.8. The number of nitrogens with one attached hydrogen (secondary N) is 2. The lowest BCUT2D eigenvalue weighted by Crippen LogP contribution is -2.41. The Morgan fingerprint density at radius 2 is 2.05 bits per heavy atom. The number of hydrogen-bond donors (Lipinski definition) is 2. The summed E-state index contributed by atoms with van der Waals surface area (Å²) in [5, 5.41) is 6.97. The fourth-order valence-corrected chi connectivity index (χ4v) is 1.54. The molecule has 1 unspecified atom stereocenters. The first-order valence-corrected chi connectivity index (χ1v) is 6.51. The lowest BCUT2D eigenvalue weighted by molar-refractivity contribution is 0.224. The lowest BCUT2D eigenvalue weighted by atomic mass is 10.3. The molecule has 4 nitrogen and oxygen atoms in total. The van der Waals surface area contributed by atoms with E-state index in [0.29, 0.717) is 18.1 Å². The van der Waals surface area contributed by atoms with Gasteiger partial charge in [0.15, 0.2) is 5.96 Å². The van der Waals surface area contributed by atoms with Crippen LogP contribution in [0.15, 0.2) is 41.9 Å². The normalized spacial score (nSPS) is 12.1.